The molecular formula is C22H20N2O5S. The summed E-state index contributed by atoms with van der Waals surface area (Å²) in [5, 5.41) is 14.1. The molecule has 0 aliphatic carbocycles. The number of nitrogens with one attached hydrogen (secondary N) is 2. The first kappa shape index (κ1) is 21.1. The lowest BCUT2D eigenvalue weighted by Crippen LogP contribution is -2.14. The number of fused-ring (bicyclic) bond motifs is 1. The minimum absolute atomic E-state index is 0.0640. The Bertz CT molecular complexity index is 1280. The monoisotopic (exact) mass is 424 g/mol. The van der Waals surface area contributed by atoms with E-state index in [2.05, 4.69) is 10.0 Å². The van der Waals surface area contributed by atoms with Crippen LogP contribution >= 0.6 is 0 Å². The van der Waals surface area contributed by atoms with Crippen molar-refractivity contribution in [3.05, 3.63) is 77.9 Å². The summed E-state index contributed by atoms with van der Waals surface area (Å²) >= 11 is 0. The summed E-state index contributed by atoms with van der Waals surface area (Å²) in [6, 6.07) is 17.6. The van der Waals surface area contributed by atoms with Crippen molar-refractivity contribution in [3.63, 3.8) is 0 Å². The smallest absolute Gasteiger partial charge is 0.337 e. The van der Waals surface area contributed by atoms with E-state index in [1.165, 1.54) is 18.2 Å². The van der Waals surface area contributed by atoms with Crippen molar-refractivity contribution in [2.75, 3.05) is 16.3 Å². The molecule has 0 radical (unpaired) electrons. The Balaban J connectivity index is 1.84. The third-order valence-electron chi connectivity index (χ3n) is 4.36. The van der Waals surface area contributed by atoms with Crippen LogP contribution in [0.25, 0.3) is 16.3 Å². The molecule has 154 valence electrons. The molecule has 0 bridgehead atoms. The van der Waals surface area contributed by atoms with E-state index in [0.717, 1.165) is 28.7 Å². The Kier molecular flexibility index (Phi) is 5.89. The number of benzene rings is 3. The number of anilines is 2. The summed E-state index contributed by atoms with van der Waals surface area (Å²) in [5.41, 5.74) is 1.51. The molecule has 8 heteroatoms. The normalized spacial score (nSPS) is 11.9. The number of carboxylic acid groups (broad SMARTS) is 1. The molecule has 3 rings (SSSR count). The van der Waals surface area contributed by atoms with E-state index in [0.29, 0.717) is 5.57 Å². The minimum Gasteiger partial charge on any atom is -0.478 e. The fourth-order valence-corrected chi connectivity index (χ4v) is 3.55. The average molecular weight is 424 g/mol. The third kappa shape index (κ3) is 5.24. The van der Waals surface area contributed by atoms with Gasteiger partial charge in [-0.15, -0.1) is 0 Å². The minimum atomic E-state index is -3.56. The van der Waals surface area contributed by atoms with Crippen molar-refractivity contribution in [1.82, 2.24) is 0 Å². The number of hydrogen-bond donors (Lipinski definition) is 3. The lowest BCUT2D eigenvalue weighted by atomic mass is 10.0. The summed E-state index contributed by atoms with van der Waals surface area (Å²) in [4.78, 5) is 24.0. The molecule has 3 N–H and O–H groups in total. The van der Waals surface area contributed by atoms with E-state index in [1.807, 2.05) is 42.5 Å². The van der Waals surface area contributed by atoms with Gasteiger partial charge in [-0.2, -0.15) is 0 Å². The molecule has 0 saturated heterocycles. The van der Waals surface area contributed by atoms with Crippen molar-refractivity contribution in [3.8, 4) is 0 Å². The second-order valence-corrected chi connectivity index (χ2v) is 8.57. The van der Waals surface area contributed by atoms with Gasteiger partial charge in [0.15, 0.2) is 0 Å². The van der Waals surface area contributed by atoms with Crippen LogP contribution in [0.2, 0.25) is 0 Å². The molecule has 0 spiro atoms. The number of allylic oxidation sites excluding steroid dienone is 1. The second kappa shape index (κ2) is 8.38. The van der Waals surface area contributed by atoms with Crippen molar-refractivity contribution in [2.24, 2.45) is 0 Å². The van der Waals surface area contributed by atoms with E-state index < -0.39 is 21.9 Å². The summed E-state index contributed by atoms with van der Waals surface area (Å²) in [5.74, 6) is -1.79. The van der Waals surface area contributed by atoms with Gasteiger partial charge in [0, 0.05) is 11.8 Å². The van der Waals surface area contributed by atoms with Gasteiger partial charge in [0.2, 0.25) is 15.9 Å². The molecule has 0 unspecified atom stereocenters. The van der Waals surface area contributed by atoms with Gasteiger partial charge < -0.3 is 10.4 Å². The Hall–Kier alpha value is -3.65. The first-order valence-electron chi connectivity index (χ1n) is 8.96. The van der Waals surface area contributed by atoms with Crippen LogP contribution in [0.1, 0.15) is 22.8 Å². The predicted molar refractivity (Wildman–Crippen MR) is 118 cm³/mol. The SMILES string of the molecule is CC(=CC(=O)Nc1ccc(NS(C)(=O)=O)cc1C(=O)O)c1ccc2ccccc2c1. The van der Waals surface area contributed by atoms with Crippen LogP contribution in [-0.2, 0) is 14.8 Å². The number of amides is 1. The molecule has 3 aromatic carbocycles. The first-order valence-corrected chi connectivity index (χ1v) is 10.8. The van der Waals surface area contributed by atoms with Crippen LogP contribution in [0.15, 0.2) is 66.7 Å². The van der Waals surface area contributed by atoms with Crippen LogP contribution in [0.5, 0.6) is 0 Å². The van der Waals surface area contributed by atoms with Crippen LogP contribution in [-0.4, -0.2) is 31.7 Å². The van der Waals surface area contributed by atoms with Crippen molar-refractivity contribution in [1.29, 1.82) is 0 Å². The lowest BCUT2D eigenvalue weighted by Gasteiger charge is -2.11. The van der Waals surface area contributed by atoms with E-state index in [9.17, 15) is 23.1 Å². The Morgan fingerprint density at radius 3 is 2.33 bits per heavy atom. The number of aromatic carboxylic acids is 1. The molecule has 3 aromatic rings. The molecule has 7 nitrogen and oxygen atoms in total. The number of carbonyl (C=O) groups excluding carboxylic acids is 1. The average Bonchev–Trinajstić information content (AvgIpc) is 2.67. The number of hydrogen-bond acceptors (Lipinski definition) is 4. The second-order valence-electron chi connectivity index (χ2n) is 6.82. The molecule has 1 amide bonds. The van der Waals surface area contributed by atoms with E-state index in [-0.39, 0.29) is 16.9 Å². The summed E-state index contributed by atoms with van der Waals surface area (Å²) in [6.07, 6.45) is 2.35. The highest BCUT2D eigenvalue weighted by Gasteiger charge is 2.14. The molecule has 0 aliphatic rings. The van der Waals surface area contributed by atoms with Crippen LogP contribution < -0.4 is 10.0 Å². The maximum atomic E-state index is 12.5. The fraction of sp³-hybridized carbons (Fsp3) is 0.0909. The molecule has 30 heavy (non-hydrogen) atoms. The quantitative estimate of drug-likeness (QED) is 0.519. The maximum absolute atomic E-state index is 12.5. The van der Waals surface area contributed by atoms with Crippen LogP contribution in [0.4, 0.5) is 11.4 Å². The first-order chi connectivity index (χ1) is 14.1. The number of rotatable bonds is 6. The van der Waals surface area contributed by atoms with Crippen LogP contribution in [0.3, 0.4) is 0 Å². The van der Waals surface area contributed by atoms with E-state index in [1.54, 1.807) is 6.92 Å². The highest BCUT2D eigenvalue weighted by atomic mass is 32.2. The largest absolute Gasteiger partial charge is 0.478 e. The highest BCUT2D eigenvalue weighted by Crippen LogP contribution is 2.23. The third-order valence-corrected chi connectivity index (χ3v) is 4.97. The molecule has 0 aromatic heterocycles. The fourth-order valence-electron chi connectivity index (χ4n) is 2.99. The van der Waals surface area contributed by atoms with Crippen molar-refractivity contribution < 1.29 is 23.1 Å². The van der Waals surface area contributed by atoms with Crippen molar-refractivity contribution >= 4 is 49.6 Å². The number of carbonyl (C=O) groups is 2. The van der Waals surface area contributed by atoms with Gasteiger partial charge in [-0.05, 0) is 53.1 Å². The molecule has 0 aliphatic heterocycles. The highest BCUT2D eigenvalue weighted by molar-refractivity contribution is 7.92. The van der Waals surface area contributed by atoms with Gasteiger partial charge in [-0.3, -0.25) is 9.52 Å². The molecule has 0 fully saturated rings. The standard InChI is InChI=1S/C22H20N2O5S/c1-14(16-8-7-15-5-3-4-6-17(15)12-16)11-21(25)23-20-10-9-18(24-30(2,28)29)13-19(20)22(26)27/h3-13,24H,1-2H3,(H,23,25)(H,26,27). The van der Waals surface area contributed by atoms with Crippen LogP contribution in [0, 0.1) is 0 Å². The van der Waals surface area contributed by atoms with E-state index >= 15 is 0 Å². The number of sulfonamides is 1. The summed E-state index contributed by atoms with van der Waals surface area (Å²) in [6.45, 7) is 1.79. The lowest BCUT2D eigenvalue weighted by molar-refractivity contribution is -0.111. The molecule has 0 saturated carbocycles. The zero-order valence-electron chi connectivity index (χ0n) is 16.3. The summed E-state index contributed by atoms with van der Waals surface area (Å²) in [7, 11) is -3.56. The molecular weight excluding hydrogens is 404 g/mol. The van der Waals surface area contributed by atoms with Gasteiger partial charge in [0.25, 0.3) is 0 Å². The topological polar surface area (TPSA) is 113 Å². The molecule has 0 atom stereocenters. The number of carboxylic acids is 1. The van der Waals surface area contributed by atoms with Gasteiger partial charge >= 0.3 is 5.97 Å². The van der Waals surface area contributed by atoms with Gasteiger partial charge in [-0.1, -0.05) is 36.4 Å². The van der Waals surface area contributed by atoms with E-state index in [4.69, 9.17) is 0 Å². The maximum Gasteiger partial charge on any atom is 0.337 e. The zero-order chi connectivity index (χ0) is 21.9. The Morgan fingerprint density at radius 1 is 0.967 bits per heavy atom. The Morgan fingerprint density at radius 2 is 1.67 bits per heavy atom. The van der Waals surface area contributed by atoms with Crippen molar-refractivity contribution in [2.45, 2.75) is 6.92 Å². The molecule has 0 heterocycles. The van der Waals surface area contributed by atoms with Gasteiger partial charge in [0.05, 0.1) is 17.5 Å². The van der Waals surface area contributed by atoms with Gasteiger partial charge in [-0.25, -0.2) is 13.2 Å². The Labute approximate surface area is 174 Å². The summed E-state index contributed by atoms with van der Waals surface area (Å²) < 4.78 is 24.9. The zero-order valence-corrected chi connectivity index (χ0v) is 17.2. The van der Waals surface area contributed by atoms with Gasteiger partial charge in [0.1, 0.15) is 0 Å². The predicted octanol–water partition coefficient (Wildman–Crippen LogP) is 3.95.